The van der Waals surface area contributed by atoms with Crippen LogP contribution in [0.2, 0.25) is 0 Å². The maximum absolute atomic E-state index is 4.73. The molecule has 2 atom stereocenters. The van der Waals surface area contributed by atoms with E-state index in [-0.39, 0.29) is 0 Å². The number of rotatable bonds is 5. The molecule has 0 spiro atoms. The van der Waals surface area contributed by atoms with E-state index in [1.54, 1.807) is 0 Å². The van der Waals surface area contributed by atoms with Crippen molar-refractivity contribution >= 4 is 0 Å². The third-order valence-electron chi connectivity index (χ3n) is 3.74. The number of nitrogens with zero attached hydrogens (tertiary/aromatic N) is 2. The summed E-state index contributed by atoms with van der Waals surface area (Å²) in [5, 5.41) is 7.36. The van der Waals surface area contributed by atoms with Crippen molar-refractivity contribution in [1.82, 2.24) is 15.5 Å². The van der Waals surface area contributed by atoms with Crippen molar-refractivity contribution in [1.29, 1.82) is 0 Å². The van der Waals surface area contributed by atoms with E-state index < -0.39 is 0 Å². The van der Waals surface area contributed by atoms with Crippen LogP contribution in [0.4, 0.5) is 0 Å². The molecule has 0 amide bonds. The molecule has 1 heterocycles. The molecule has 17 heavy (non-hydrogen) atoms. The number of nitrogens with one attached hydrogen (secondary N) is 1. The Balaban J connectivity index is 1.71. The molecule has 1 aromatic heterocycles. The zero-order chi connectivity index (χ0) is 11.9. The van der Waals surface area contributed by atoms with E-state index in [0.29, 0.717) is 6.04 Å². The van der Waals surface area contributed by atoms with Crippen molar-refractivity contribution in [3.8, 4) is 0 Å². The molecular weight excluding hydrogens is 214 g/mol. The normalized spacial score (nSPS) is 25.7. The number of hydrogen-bond donors (Lipinski definition) is 1. The van der Waals surface area contributed by atoms with Gasteiger partial charge in [0.05, 0.1) is 6.54 Å². The lowest BCUT2D eigenvalue weighted by molar-refractivity contribution is 0.392. The minimum atomic E-state index is 0.635. The topological polar surface area (TPSA) is 51.0 Å². The fourth-order valence-corrected chi connectivity index (χ4v) is 2.79. The lowest BCUT2D eigenvalue weighted by Gasteiger charge is -2.15. The second-order valence-corrected chi connectivity index (χ2v) is 5.09. The minimum Gasteiger partial charge on any atom is -0.343 e. The Morgan fingerprint density at radius 1 is 1.35 bits per heavy atom. The minimum absolute atomic E-state index is 0.635. The standard InChI is InChI=1S/C13H23N3O/c1-2-4-11-5-3-6-12(8-7-11)14-9-13-15-10-17-16-13/h10-12,14H,2-9H2,1H3. The Kier molecular flexibility index (Phi) is 4.98. The molecule has 0 aliphatic heterocycles. The van der Waals surface area contributed by atoms with Gasteiger partial charge in [0.25, 0.3) is 0 Å². The van der Waals surface area contributed by atoms with Crippen LogP contribution in [0.25, 0.3) is 0 Å². The van der Waals surface area contributed by atoms with Crippen LogP contribution < -0.4 is 5.32 Å². The van der Waals surface area contributed by atoms with Crippen molar-refractivity contribution in [2.75, 3.05) is 0 Å². The molecule has 0 saturated heterocycles. The summed E-state index contributed by atoms with van der Waals surface area (Å²) in [6.07, 6.45) is 10.8. The molecule has 0 aromatic carbocycles. The van der Waals surface area contributed by atoms with Gasteiger partial charge in [0.1, 0.15) is 0 Å². The highest BCUT2D eigenvalue weighted by molar-refractivity contribution is 4.80. The van der Waals surface area contributed by atoms with Gasteiger partial charge in [-0.05, 0) is 25.2 Å². The van der Waals surface area contributed by atoms with Crippen LogP contribution in [0.3, 0.4) is 0 Å². The van der Waals surface area contributed by atoms with Crippen molar-refractivity contribution in [3.05, 3.63) is 12.2 Å². The largest absolute Gasteiger partial charge is 0.343 e. The Morgan fingerprint density at radius 2 is 2.29 bits per heavy atom. The van der Waals surface area contributed by atoms with E-state index in [2.05, 4.69) is 22.4 Å². The van der Waals surface area contributed by atoms with Gasteiger partial charge in [-0.3, -0.25) is 0 Å². The summed E-state index contributed by atoms with van der Waals surface area (Å²) in [6, 6.07) is 0.635. The van der Waals surface area contributed by atoms with Crippen LogP contribution in [-0.2, 0) is 6.54 Å². The van der Waals surface area contributed by atoms with Gasteiger partial charge in [-0.2, -0.15) is 4.98 Å². The van der Waals surface area contributed by atoms with Crippen LogP contribution >= 0.6 is 0 Å². The highest BCUT2D eigenvalue weighted by Gasteiger charge is 2.18. The summed E-state index contributed by atoms with van der Waals surface area (Å²) in [5.41, 5.74) is 0. The van der Waals surface area contributed by atoms with Crippen molar-refractivity contribution in [2.24, 2.45) is 5.92 Å². The Hall–Kier alpha value is -0.900. The molecule has 1 aliphatic rings. The molecule has 0 radical (unpaired) electrons. The zero-order valence-corrected chi connectivity index (χ0v) is 10.7. The first-order valence-electron chi connectivity index (χ1n) is 6.87. The average Bonchev–Trinajstić information content (AvgIpc) is 2.75. The van der Waals surface area contributed by atoms with Crippen LogP contribution in [0.5, 0.6) is 0 Å². The summed E-state index contributed by atoms with van der Waals surface area (Å²) in [6.45, 7) is 3.02. The van der Waals surface area contributed by atoms with Crippen molar-refractivity contribution in [2.45, 2.75) is 64.5 Å². The predicted octanol–water partition coefficient (Wildman–Crippen LogP) is 2.91. The summed E-state index contributed by atoms with van der Waals surface area (Å²) in [7, 11) is 0. The molecule has 1 saturated carbocycles. The maximum atomic E-state index is 4.73. The van der Waals surface area contributed by atoms with Crippen molar-refractivity contribution < 1.29 is 4.52 Å². The first kappa shape index (κ1) is 12.6. The van der Waals surface area contributed by atoms with Gasteiger partial charge in [-0.1, -0.05) is 37.8 Å². The fraction of sp³-hybridized carbons (Fsp3) is 0.846. The molecule has 1 fully saturated rings. The van der Waals surface area contributed by atoms with Crippen LogP contribution in [0.15, 0.2) is 10.9 Å². The Bertz CT molecular complexity index is 300. The maximum Gasteiger partial charge on any atom is 0.213 e. The third-order valence-corrected chi connectivity index (χ3v) is 3.74. The molecule has 2 rings (SSSR count). The van der Waals surface area contributed by atoms with E-state index in [0.717, 1.165) is 18.3 Å². The first-order valence-corrected chi connectivity index (χ1v) is 6.87. The Morgan fingerprint density at radius 3 is 3.06 bits per heavy atom. The van der Waals surface area contributed by atoms with Gasteiger partial charge >= 0.3 is 0 Å². The number of aromatic nitrogens is 2. The van der Waals surface area contributed by atoms with E-state index in [4.69, 9.17) is 4.52 Å². The van der Waals surface area contributed by atoms with Gasteiger partial charge in [0.15, 0.2) is 5.82 Å². The van der Waals surface area contributed by atoms with Gasteiger partial charge in [-0.15, -0.1) is 0 Å². The van der Waals surface area contributed by atoms with Crippen LogP contribution in [0, 0.1) is 5.92 Å². The van der Waals surface area contributed by atoms with Crippen LogP contribution in [-0.4, -0.2) is 16.2 Å². The van der Waals surface area contributed by atoms with Gasteiger partial charge in [-0.25, -0.2) is 0 Å². The second kappa shape index (κ2) is 6.74. The van der Waals surface area contributed by atoms with E-state index in [1.165, 1.54) is 51.3 Å². The molecule has 96 valence electrons. The average molecular weight is 237 g/mol. The monoisotopic (exact) mass is 237 g/mol. The van der Waals surface area contributed by atoms with Crippen molar-refractivity contribution in [3.63, 3.8) is 0 Å². The van der Waals surface area contributed by atoms with Gasteiger partial charge in [0.2, 0.25) is 6.39 Å². The summed E-state index contributed by atoms with van der Waals surface area (Å²) in [4.78, 5) is 4.03. The van der Waals surface area contributed by atoms with Gasteiger partial charge in [0, 0.05) is 6.04 Å². The molecule has 2 unspecified atom stereocenters. The zero-order valence-electron chi connectivity index (χ0n) is 10.7. The van der Waals surface area contributed by atoms with E-state index >= 15 is 0 Å². The molecule has 4 heteroatoms. The fourth-order valence-electron chi connectivity index (χ4n) is 2.79. The molecule has 1 N–H and O–H groups in total. The second-order valence-electron chi connectivity index (χ2n) is 5.09. The molecule has 1 aliphatic carbocycles. The van der Waals surface area contributed by atoms with Gasteiger partial charge < -0.3 is 9.84 Å². The SMILES string of the molecule is CCCC1CCCC(NCc2ncon2)CC1. The molecule has 0 bridgehead atoms. The summed E-state index contributed by atoms with van der Waals surface area (Å²) < 4.78 is 4.73. The molecule has 4 nitrogen and oxygen atoms in total. The first-order chi connectivity index (χ1) is 8.38. The quantitative estimate of drug-likeness (QED) is 0.800. The van der Waals surface area contributed by atoms with E-state index in [9.17, 15) is 0 Å². The van der Waals surface area contributed by atoms with E-state index in [1.807, 2.05) is 0 Å². The molecule has 1 aromatic rings. The smallest absolute Gasteiger partial charge is 0.213 e. The summed E-state index contributed by atoms with van der Waals surface area (Å²) >= 11 is 0. The number of hydrogen-bond acceptors (Lipinski definition) is 4. The predicted molar refractivity (Wildman–Crippen MR) is 66.4 cm³/mol. The summed E-state index contributed by atoms with van der Waals surface area (Å²) in [5.74, 6) is 1.72. The third kappa shape index (κ3) is 4.11. The van der Waals surface area contributed by atoms with Crippen LogP contribution in [0.1, 0.15) is 57.7 Å². The highest BCUT2D eigenvalue weighted by Crippen LogP contribution is 2.26. The lowest BCUT2D eigenvalue weighted by atomic mass is 9.95. The molecular formula is C13H23N3O. The highest BCUT2D eigenvalue weighted by atomic mass is 16.5. The lowest BCUT2D eigenvalue weighted by Crippen LogP contribution is -2.28. The Labute approximate surface area is 103 Å².